The van der Waals surface area contributed by atoms with Gasteiger partial charge >= 0.3 is 22.1 Å². The van der Waals surface area contributed by atoms with Crippen LogP contribution in [0.3, 0.4) is 0 Å². The third-order valence-electron chi connectivity index (χ3n) is 3.18. The largest absolute Gasteiger partial charge is 0.481 e. The SMILES string of the molecule is N[C@@H](CCC(=O)O)C(=O)OS(=O)(=O)c1ccc2cccccc1-2. The molecule has 1 atom stereocenters. The molecule has 0 radical (unpaired) electrons. The number of carbonyl (C=O) groups excluding carboxylic acids is 1. The fourth-order valence-electron chi connectivity index (χ4n) is 2.02. The van der Waals surface area contributed by atoms with Crippen molar-refractivity contribution in [1.82, 2.24) is 0 Å². The van der Waals surface area contributed by atoms with Gasteiger partial charge in [0.2, 0.25) is 0 Å². The van der Waals surface area contributed by atoms with Crippen molar-refractivity contribution in [1.29, 1.82) is 0 Å². The number of fused-ring (bicyclic) bond motifs is 1. The van der Waals surface area contributed by atoms with Crippen LogP contribution in [0.1, 0.15) is 12.8 Å². The van der Waals surface area contributed by atoms with E-state index >= 15 is 0 Å². The predicted molar refractivity (Wildman–Crippen MR) is 81.2 cm³/mol. The molecule has 0 saturated heterocycles. The third-order valence-corrected chi connectivity index (χ3v) is 4.46. The smallest absolute Gasteiger partial charge is 0.342 e. The van der Waals surface area contributed by atoms with Crippen molar-refractivity contribution in [3.8, 4) is 11.1 Å². The van der Waals surface area contributed by atoms with Gasteiger partial charge in [-0.05, 0) is 18.1 Å². The molecule has 0 heterocycles. The average Bonchev–Trinajstić information content (AvgIpc) is 2.75. The molecule has 7 nitrogen and oxygen atoms in total. The first-order valence-corrected chi connectivity index (χ1v) is 8.15. The quantitative estimate of drug-likeness (QED) is 0.759. The normalized spacial score (nSPS) is 12.7. The van der Waals surface area contributed by atoms with Crippen LogP contribution >= 0.6 is 0 Å². The molecule has 2 aliphatic carbocycles. The molecule has 122 valence electrons. The summed E-state index contributed by atoms with van der Waals surface area (Å²) in [5.41, 5.74) is 6.56. The highest BCUT2D eigenvalue weighted by Gasteiger charge is 2.28. The van der Waals surface area contributed by atoms with E-state index in [1.54, 1.807) is 36.4 Å². The van der Waals surface area contributed by atoms with Crippen LogP contribution in [-0.4, -0.2) is 31.5 Å². The monoisotopic (exact) mass is 337 g/mol. The third kappa shape index (κ3) is 4.05. The number of rotatable bonds is 6. The summed E-state index contributed by atoms with van der Waals surface area (Å²) in [5.74, 6) is -2.31. The van der Waals surface area contributed by atoms with Crippen LogP contribution < -0.4 is 5.73 Å². The molecular formula is C15H15NO6S. The van der Waals surface area contributed by atoms with Crippen LogP contribution in [0.15, 0.2) is 47.4 Å². The number of carbonyl (C=O) groups is 2. The van der Waals surface area contributed by atoms with Crippen molar-refractivity contribution in [3.63, 3.8) is 0 Å². The van der Waals surface area contributed by atoms with E-state index in [2.05, 4.69) is 4.18 Å². The fraction of sp³-hybridized carbons (Fsp3) is 0.200. The standard InChI is InChI=1S/C15H15NO6S/c16-12(7-9-14(17)18)15(19)22-23(20,21)13-8-6-10-4-2-1-3-5-11(10)13/h1-6,8,12H,7,9,16H2,(H,17,18)/t12-/m0/s1. The van der Waals surface area contributed by atoms with Gasteiger partial charge in [-0.3, -0.25) is 4.79 Å². The molecule has 0 fully saturated rings. The summed E-state index contributed by atoms with van der Waals surface area (Å²) in [6.45, 7) is 0. The average molecular weight is 337 g/mol. The zero-order valence-electron chi connectivity index (χ0n) is 12.0. The Labute approximate surface area is 133 Å². The molecule has 0 spiro atoms. The number of carboxylic acid groups (broad SMARTS) is 1. The second kappa shape index (κ2) is 6.76. The Morgan fingerprint density at radius 3 is 2.52 bits per heavy atom. The first-order valence-electron chi connectivity index (χ1n) is 6.75. The topological polar surface area (TPSA) is 124 Å². The molecule has 2 rings (SSSR count). The number of carboxylic acids is 1. The second-order valence-electron chi connectivity index (χ2n) is 4.87. The summed E-state index contributed by atoms with van der Waals surface area (Å²) in [7, 11) is -4.33. The summed E-state index contributed by atoms with van der Waals surface area (Å²) in [4.78, 5) is 22.1. The van der Waals surface area contributed by atoms with E-state index in [1.165, 1.54) is 6.07 Å². The molecule has 0 saturated carbocycles. The molecule has 2 aliphatic rings. The molecule has 0 unspecified atom stereocenters. The van der Waals surface area contributed by atoms with Crippen LogP contribution in [0, 0.1) is 0 Å². The van der Waals surface area contributed by atoms with Crippen molar-refractivity contribution in [2.45, 2.75) is 23.8 Å². The van der Waals surface area contributed by atoms with E-state index < -0.39 is 28.1 Å². The zero-order valence-corrected chi connectivity index (χ0v) is 12.8. The Kier molecular flexibility index (Phi) is 4.97. The van der Waals surface area contributed by atoms with Gasteiger partial charge in [-0.25, -0.2) is 4.79 Å². The van der Waals surface area contributed by atoms with E-state index in [0.29, 0.717) is 11.1 Å². The van der Waals surface area contributed by atoms with Crippen LogP contribution in [-0.2, 0) is 23.9 Å². The maximum Gasteiger partial charge on any atom is 0.342 e. The second-order valence-corrected chi connectivity index (χ2v) is 6.39. The maximum atomic E-state index is 12.2. The lowest BCUT2D eigenvalue weighted by Gasteiger charge is -2.10. The molecule has 8 heteroatoms. The van der Waals surface area contributed by atoms with Crippen molar-refractivity contribution < 1.29 is 27.3 Å². The lowest BCUT2D eigenvalue weighted by molar-refractivity contribution is -0.138. The number of hydrogen-bond acceptors (Lipinski definition) is 6. The minimum atomic E-state index is -4.33. The summed E-state index contributed by atoms with van der Waals surface area (Å²) >= 11 is 0. The van der Waals surface area contributed by atoms with Gasteiger partial charge in [0.1, 0.15) is 10.9 Å². The van der Waals surface area contributed by atoms with E-state index in [0.717, 1.165) is 0 Å². The zero-order chi connectivity index (χ0) is 17.0. The van der Waals surface area contributed by atoms with Gasteiger partial charge in [0.25, 0.3) is 0 Å². The van der Waals surface area contributed by atoms with Crippen molar-refractivity contribution in [2.24, 2.45) is 5.73 Å². The molecule has 3 N–H and O–H groups in total. The van der Waals surface area contributed by atoms with Crippen LogP contribution in [0.4, 0.5) is 0 Å². The van der Waals surface area contributed by atoms with Gasteiger partial charge in [-0.2, -0.15) is 8.42 Å². The van der Waals surface area contributed by atoms with Gasteiger partial charge in [0.15, 0.2) is 0 Å². The van der Waals surface area contributed by atoms with E-state index in [1.807, 2.05) is 0 Å². The Balaban J connectivity index is 2.19. The summed E-state index contributed by atoms with van der Waals surface area (Å²) < 4.78 is 29.0. The first-order chi connectivity index (χ1) is 10.8. The Hall–Kier alpha value is -2.45. The number of aliphatic carboxylic acids is 1. The minimum absolute atomic E-state index is 0.137. The van der Waals surface area contributed by atoms with Crippen LogP contribution in [0.25, 0.3) is 11.1 Å². The van der Waals surface area contributed by atoms with Gasteiger partial charge < -0.3 is 15.0 Å². The van der Waals surface area contributed by atoms with Gasteiger partial charge in [0, 0.05) is 12.0 Å². The lowest BCUT2D eigenvalue weighted by atomic mass is 10.2. The molecular weight excluding hydrogens is 322 g/mol. The van der Waals surface area contributed by atoms with Crippen LogP contribution in [0.5, 0.6) is 0 Å². The summed E-state index contributed by atoms with van der Waals surface area (Å²) in [5, 5.41) is 8.54. The van der Waals surface area contributed by atoms with E-state index in [-0.39, 0.29) is 17.7 Å². The molecule has 0 aromatic carbocycles. The minimum Gasteiger partial charge on any atom is -0.481 e. The van der Waals surface area contributed by atoms with Crippen LogP contribution in [0.2, 0.25) is 0 Å². The van der Waals surface area contributed by atoms with Crippen molar-refractivity contribution in [2.75, 3.05) is 0 Å². The number of nitrogens with two attached hydrogens (primary N) is 1. The summed E-state index contributed by atoms with van der Waals surface area (Å²) in [6.07, 6.45) is -0.564. The van der Waals surface area contributed by atoms with Gasteiger partial charge in [0.05, 0.1) is 0 Å². The predicted octanol–water partition coefficient (Wildman–Crippen LogP) is 1.22. The van der Waals surface area contributed by atoms with E-state index in [4.69, 9.17) is 10.8 Å². The molecule has 0 aliphatic heterocycles. The molecule has 23 heavy (non-hydrogen) atoms. The fourth-order valence-corrected chi connectivity index (χ4v) is 3.14. The Morgan fingerprint density at radius 2 is 1.83 bits per heavy atom. The summed E-state index contributed by atoms with van der Waals surface area (Å²) in [6, 6.07) is 10.1. The van der Waals surface area contributed by atoms with Gasteiger partial charge in [-0.15, -0.1) is 0 Å². The maximum absolute atomic E-state index is 12.2. The molecule has 0 aromatic rings. The lowest BCUT2D eigenvalue weighted by Crippen LogP contribution is -2.34. The Bertz CT molecular complexity index is 801. The first kappa shape index (κ1) is 16.9. The van der Waals surface area contributed by atoms with Gasteiger partial charge in [-0.1, -0.05) is 36.4 Å². The highest BCUT2D eigenvalue weighted by atomic mass is 32.2. The highest BCUT2D eigenvalue weighted by molar-refractivity contribution is 7.87. The molecule has 0 bridgehead atoms. The van der Waals surface area contributed by atoms with Crippen molar-refractivity contribution in [3.05, 3.63) is 42.5 Å². The molecule has 0 amide bonds. The highest BCUT2D eigenvalue weighted by Crippen LogP contribution is 2.31. The van der Waals surface area contributed by atoms with E-state index in [9.17, 15) is 18.0 Å². The molecule has 0 aromatic heterocycles. The Morgan fingerprint density at radius 1 is 1.13 bits per heavy atom. The number of hydrogen-bond donors (Lipinski definition) is 2. The van der Waals surface area contributed by atoms with Crippen molar-refractivity contribution >= 4 is 22.1 Å².